The molecule has 0 spiro atoms. The second kappa shape index (κ2) is 47.6. The van der Waals surface area contributed by atoms with Gasteiger partial charge in [0.15, 0.2) is 40.7 Å². The number of ketones is 4. The van der Waals surface area contributed by atoms with Gasteiger partial charge in [-0.15, -0.1) is 25.5 Å². The Kier molecular flexibility index (Phi) is 35.6. The third-order valence-electron chi connectivity index (χ3n) is 23.9. The molecule has 0 atom stereocenters. The lowest BCUT2D eigenvalue weighted by molar-refractivity contribution is -0.890. The van der Waals surface area contributed by atoms with Gasteiger partial charge in [-0.3, -0.25) is 24.6 Å². The molecule has 0 radical (unpaired) electrons. The van der Waals surface area contributed by atoms with Crippen LogP contribution in [0.1, 0.15) is 51.0 Å². The van der Waals surface area contributed by atoms with Crippen LogP contribution in [0.3, 0.4) is 0 Å². The summed E-state index contributed by atoms with van der Waals surface area (Å²) in [4.78, 5) is 75.8. The van der Waals surface area contributed by atoms with Crippen LogP contribution in [-0.4, -0.2) is 247 Å². The molecule has 758 valence electrons. The van der Waals surface area contributed by atoms with E-state index in [0.29, 0.717) is 122 Å². The summed E-state index contributed by atoms with van der Waals surface area (Å²) in [6, 6.07) is 29.1. The first-order chi connectivity index (χ1) is 67.3. The summed E-state index contributed by atoms with van der Waals surface area (Å²) >= 11 is 6.10. The number of rotatable bonds is 22. The van der Waals surface area contributed by atoms with Crippen LogP contribution < -0.4 is 68.1 Å². The predicted octanol–water partition coefficient (Wildman–Crippen LogP) is 10.3. The SMILES string of the molecule is C.C.C.C.C.CC1=CC(=Nc2c(NCCn3cc[n+](C)c3)nn3ccccc23)C(N)=C(Cl)C1=O.CC1=CC(=Nc2c(NCCn3cc[n+](C)c3)nn3ccccc23)C(N)=CC1=O.C[N+]1(C)CCN(c2nn3ccccc3c2N=C2C=CC(=O)C=C2N)CC1.C[N+]1(C)CCN(c2nn3ccccc3c2N=C2C=CC(N)=CC2=O)CC1.C[n+]1ccn(CCNc2nn3ccccc3c2N=C2C=C(OCCO)C(N)=CC2=N)c1. The number of hydrogen-bond donors (Lipinski definition) is 10. The summed E-state index contributed by atoms with van der Waals surface area (Å²) in [5.41, 5.74) is 42.9. The van der Waals surface area contributed by atoms with Crippen LogP contribution in [0.25, 0.3) is 27.6 Å². The molecule has 0 unspecified atom stereocenters. The number of hydrogen-bond acceptors (Lipinski definition) is 27. The van der Waals surface area contributed by atoms with Crippen molar-refractivity contribution in [2.45, 2.75) is 70.6 Å². The minimum absolute atomic E-state index is 0. The highest BCUT2D eigenvalue weighted by atomic mass is 35.5. The molecule has 7 aliphatic rings. The molecule has 0 aromatic carbocycles. The van der Waals surface area contributed by atoms with Crippen LogP contribution in [-0.2, 0) is 64.7 Å². The van der Waals surface area contributed by atoms with Gasteiger partial charge in [0, 0.05) is 66.6 Å². The molecule has 2 aliphatic heterocycles. The van der Waals surface area contributed by atoms with Crippen LogP contribution in [0.4, 0.5) is 57.5 Å². The zero-order valence-electron chi connectivity index (χ0n) is 79.3. The van der Waals surface area contributed by atoms with Gasteiger partial charge >= 0.3 is 0 Å². The van der Waals surface area contributed by atoms with Crippen molar-refractivity contribution in [1.29, 1.82) is 5.41 Å². The number of nitrogens with two attached hydrogens (primary N) is 5. The highest BCUT2D eigenvalue weighted by molar-refractivity contribution is 6.51. The van der Waals surface area contributed by atoms with E-state index in [1.807, 2.05) is 222 Å². The Hall–Kier alpha value is -16.9. The van der Waals surface area contributed by atoms with Crippen molar-refractivity contribution in [2.24, 2.45) is 74.8 Å². The number of imidazole rings is 3. The van der Waals surface area contributed by atoms with E-state index in [-0.39, 0.29) is 89.9 Å². The average molecular weight is 1990 g/mol. The number of Topliss-reactive ketones (excluding diaryl/α,β-unsaturated/α-hetero) is 1. The van der Waals surface area contributed by atoms with Gasteiger partial charge in [0.25, 0.3) is 0 Å². The predicted molar refractivity (Wildman–Crippen MR) is 576 cm³/mol. The van der Waals surface area contributed by atoms with Crippen LogP contribution in [0.5, 0.6) is 0 Å². The van der Waals surface area contributed by atoms with Crippen molar-refractivity contribution in [2.75, 3.05) is 139 Å². The van der Waals surface area contributed by atoms with Gasteiger partial charge in [0.05, 0.1) is 207 Å². The first-order valence-corrected chi connectivity index (χ1v) is 45.9. The molecule has 15 heterocycles. The Morgan fingerprint density at radius 3 is 1.22 bits per heavy atom. The van der Waals surface area contributed by atoms with Gasteiger partial charge in [-0.05, 0) is 123 Å². The third-order valence-corrected chi connectivity index (χ3v) is 24.2. The van der Waals surface area contributed by atoms with Crippen LogP contribution in [0.2, 0.25) is 0 Å². The van der Waals surface area contributed by atoms with Crippen molar-refractivity contribution >= 4 is 154 Å². The second-order valence-electron chi connectivity index (χ2n) is 35.5. The number of ether oxygens (including phenoxy) is 1. The Bertz CT molecular complexity index is 7490. The van der Waals surface area contributed by atoms with Crippen molar-refractivity contribution in [1.82, 2.24) is 61.8 Å². The number of pyridine rings is 5. The molecule has 20 rings (SSSR count). The molecule has 5 aliphatic carbocycles. The number of halogens is 1. The number of likely N-dealkylation sites (N-methyl/N-ethyl adjacent to an activating group) is 2. The normalized spacial score (nSPS) is 17.2. The topological polar surface area (TPSA) is 469 Å². The number of nitrogens with zero attached hydrogens (tertiary/aromatic N) is 25. The summed E-state index contributed by atoms with van der Waals surface area (Å²) in [6.07, 6.45) is 44.7. The summed E-state index contributed by atoms with van der Waals surface area (Å²) in [6.45, 7) is 15.6. The monoisotopic (exact) mass is 1990 g/mol. The maximum atomic E-state index is 12.3. The number of aliphatic hydroxyl groups is 1. The number of aromatic nitrogens is 16. The van der Waals surface area contributed by atoms with Crippen LogP contribution in [0, 0.1) is 5.41 Å². The van der Waals surface area contributed by atoms with E-state index in [0.717, 1.165) is 132 Å². The lowest BCUT2D eigenvalue weighted by atomic mass is 10.0. The molecule has 0 amide bonds. The Balaban J connectivity index is 0.000000171. The number of nitrogens with one attached hydrogen (secondary N) is 4. The number of quaternary nitrogens is 2. The van der Waals surface area contributed by atoms with E-state index in [1.54, 1.807) is 63.8 Å². The van der Waals surface area contributed by atoms with Gasteiger partial charge in [-0.2, -0.15) is 0 Å². The minimum atomic E-state index is -0.277. The van der Waals surface area contributed by atoms with E-state index < -0.39 is 0 Å². The molecule has 2 saturated heterocycles. The number of anilines is 5. The molecular weight excluding hydrogens is 1860 g/mol. The highest BCUT2D eigenvalue weighted by Gasteiger charge is 2.33. The average Bonchev–Trinajstić information content (AvgIpc) is 1.19. The van der Waals surface area contributed by atoms with Gasteiger partial charge in [0.1, 0.15) is 108 Å². The van der Waals surface area contributed by atoms with Crippen molar-refractivity contribution in [3.63, 3.8) is 0 Å². The Morgan fingerprint density at radius 2 is 0.814 bits per heavy atom. The smallest absolute Gasteiger partial charge is 0.243 e. The number of piperazine rings is 2. The van der Waals surface area contributed by atoms with Crippen molar-refractivity contribution in [3.05, 3.63) is 295 Å². The molecule has 41 heteroatoms. The largest absolute Gasteiger partial charge is 0.489 e. The van der Waals surface area contributed by atoms with E-state index >= 15 is 0 Å². The third kappa shape index (κ3) is 25.9. The fourth-order valence-electron chi connectivity index (χ4n) is 15.9. The quantitative estimate of drug-likeness (QED) is 0.0130. The van der Waals surface area contributed by atoms with E-state index in [4.69, 9.17) is 85.7 Å². The summed E-state index contributed by atoms with van der Waals surface area (Å²) in [7, 11) is 14.9. The number of aliphatic hydroxyl groups excluding tert-OH is 1. The Morgan fingerprint density at radius 1 is 0.434 bits per heavy atom. The number of carbonyl (C=O) groups is 4. The van der Waals surface area contributed by atoms with E-state index in [1.165, 1.54) is 30.4 Å². The maximum Gasteiger partial charge on any atom is 0.243 e. The van der Waals surface area contributed by atoms with Crippen molar-refractivity contribution < 1.29 is 51.7 Å². The molecule has 15 N–H and O–H groups in total. The molecule has 145 heavy (non-hydrogen) atoms. The van der Waals surface area contributed by atoms with Gasteiger partial charge in [0.2, 0.25) is 30.5 Å². The molecule has 0 saturated carbocycles. The van der Waals surface area contributed by atoms with Crippen LogP contribution in [0.15, 0.2) is 320 Å². The lowest BCUT2D eigenvalue weighted by Gasteiger charge is -2.39. The number of aryl methyl sites for hydroxylation is 3. The van der Waals surface area contributed by atoms with Gasteiger partial charge in [-0.1, -0.05) is 79.1 Å². The van der Waals surface area contributed by atoms with Crippen molar-refractivity contribution in [3.8, 4) is 0 Å². The second-order valence-corrected chi connectivity index (χ2v) is 35.9. The first-order valence-electron chi connectivity index (χ1n) is 45.5. The molecule has 40 nitrogen and oxygen atoms in total. The summed E-state index contributed by atoms with van der Waals surface area (Å²) < 4.78 is 28.7. The van der Waals surface area contributed by atoms with E-state index in [9.17, 15) is 19.2 Å². The first kappa shape index (κ1) is 109. The standard InChI is InChI=1S/C21H25N8O2.C20H20ClN7O.C20H21N7O.2C19H22N6O.5CH4/c1-27-8-9-28(14-27)7-5-24-21-20(18-4-2-3-6-29(18)26-21)25-17-13-19(31-11-10-30)16(23)12-15(17)22;1-13-11-14(17(22)16(21)19(13)29)24-18-15-5-3-4-7-28(15)25-20(18)23-6-8-27-10-9-26(2)12-27;1-14-11-16(15(21)12-18(14)28)23-19-17-5-3-4-7-27(17)24-20(19)22-6-8-26-10-9-25(2)13-26;1-25(2)11-9-23(10-12-25)19-18(17-5-3-4-8-24(17)22-19)21-16-7-6-14(26)13-15(16)20;1-25(2)11-9-23(10-12-25)19-18(16-5-3-4-8-24(16)22-19)21-15-7-6-14(20)13-17(15)26;;;;;/h2-4,6,8-9,12-14,22,30H,5,7,10-11,23H2,1H3,(H,24,26);3-5,7,9-12H,6,8H2,1-2H3,(H2-,22,23,25,29);3-5,7,9-13H,6,8H2,1-2H3,(H2-,21,22,24,28);2*3-8,13H,9-12H2,1-2H3,(H-,20,26);5*1H4/q+1;;;;;;;;;/p+4. The lowest BCUT2D eigenvalue weighted by Crippen LogP contribution is -2.55. The molecule has 0 bridgehead atoms. The molecule has 13 aromatic rings. The number of aliphatic imine (C=N–C) groups is 5. The summed E-state index contributed by atoms with van der Waals surface area (Å²) in [5.74, 6) is 3.34. The molecule has 2 fully saturated rings. The van der Waals surface area contributed by atoms with E-state index in [2.05, 4.69) is 87.9 Å². The minimum Gasteiger partial charge on any atom is -0.489 e. The van der Waals surface area contributed by atoms with Gasteiger partial charge < -0.3 is 73.2 Å². The number of carbonyl (C=O) groups excluding carboxylic acids is 4. The molecular formula is C104H134ClN34O6+5. The summed E-state index contributed by atoms with van der Waals surface area (Å²) in [5, 5.41) is 50.7. The number of fused-ring (bicyclic) bond motifs is 5. The number of allylic oxidation sites excluding steroid dienone is 14. The zero-order chi connectivity index (χ0) is 98.6. The highest BCUT2D eigenvalue weighted by Crippen LogP contribution is 2.39. The fourth-order valence-corrected chi connectivity index (χ4v) is 16.2. The fraction of sp³-hybridized carbons (Fsp3) is 0.288. The molecule has 13 aromatic heterocycles. The van der Waals surface area contributed by atoms with Crippen LogP contribution >= 0.6 is 11.6 Å². The Labute approximate surface area is 848 Å². The maximum absolute atomic E-state index is 12.3. The van der Waals surface area contributed by atoms with Gasteiger partial charge in [-0.25, -0.2) is 74.9 Å². The zero-order valence-corrected chi connectivity index (χ0v) is 80.1.